The van der Waals surface area contributed by atoms with Crippen LogP contribution >= 0.6 is 12.2 Å². The van der Waals surface area contributed by atoms with E-state index in [0.717, 1.165) is 54.8 Å². The predicted octanol–water partition coefficient (Wildman–Crippen LogP) is 3.82. The van der Waals surface area contributed by atoms with E-state index < -0.39 is 0 Å². The normalized spacial score (nSPS) is 11.4. The Labute approximate surface area is 180 Å². The molecule has 1 heterocycles. The number of nitrogens with one attached hydrogen (secondary N) is 2. The predicted molar refractivity (Wildman–Crippen MR) is 128 cm³/mol. The molecule has 0 fully saturated rings. The number of hydrogen-bond acceptors (Lipinski definition) is 3. The fourth-order valence-corrected chi connectivity index (χ4v) is 3.74. The Hall–Kier alpha value is -1.92. The molecule has 2 rings (SSSR count). The number of benzene rings is 1. The van der Waals surface area contributed by atoms with Gasteiger partial charge in [0.2, 0.25) is 0 Å². The lowest BCUT2D eigenvalue weighted by Crippen LogP contribution is -2.45. The molecule has 0 aliphatic heterocycles. The molecular weight excluding hydrogens is 380 g/mol. The van der Waals surface area contributed by atoms with Gasteiger partial charge in [-0.05, 0) is 68.3 Å². The minimum absolute atomic E-state index is 0.0398. The zero-order valence-electron chi connectivity index (χ0n) is 18.8. The quantitative estimate of drug-likeness (QED) is 0.609. The number of H-pyrrole nitrogens is 1. The van der Waals surface area contributed by atoms with E-state index in [1.165, 1.54) is 5.56 Å². The highest BCUT2D eigenvalue weighted by molar-refractivity contribution is 7.80. The van der Waals surface area contributed by atoms with Crippen LogP contribution < -0.4 is 10.9 Å². The molecule has 0 aliphatic carbocycles. The first kappa shape index (κ1) is 23.4. The van der Waals surface area contributed by atoms with Crippen LogP contribution in [0.4, 0.5) is 0 Å². The molecule has 2 N–H and O–H groups in total. The summed E-state index contributed by atoms with van der Waals surface area (Å²) in [4.78, 5) is 20.3. The Morgan fingerprint density at radius 1 is 1.14 bits per heavy atom. The van der Waals surface area contributed by atoms with Gasteiger partial charge < -0.3 is 20.1 Å². The molecule has 29 heavy (non-hydrogen) atoms. The highest BCUT2D eigenvalue weighted by Crippen LogP contribution is 2.19. The SMILES string of the molecule is CCN(CC)CCN(Cc1cc2c(C)cc(C)cc2[nH]c1=O)C(=S)NCC(C)C. The summed E-state index contributed by atoms with van der Waals surface area (Å²) in [5.41, 5.74) is 3.93. The number of aromatic amines is 1. The first-order chi connectivity index (χ1) is 13.7. The van der Waals surface area contributed by atoms with Crippen LogP contribution in [0.25, 0.3) is 10.9 Å². The second-order valence-electron chi connectivity index (χ2n) is 8.20. The Balaban J connectivity index is 2.29. The van der Waals surface area contributed by atoms with Crippen molar-refractivity contribution in [1.29, 1.82) is 0 Å². The Morgan fingerprint density at radius 3 is 2.45 bits per heavy atom. The molecule has 0 unspecified atom stereocenters. The molecular formula is C23H36N4OS. The minimum atomic E-state index is -0.0398. The second-order valence-corrected chi connectivity index (χ2v) is 8.58. The third-order valence-corrected chi connectivity index (χ3v) is 5.68. The van der Waals surface area contributed by atoms with Crippen molar-refractivity contribution in [3.63, 3.8) is 0 Å². The minimum Gasteiger partial charge on any atom is -0.362 e. The zero-order valence-corrected chi connectivity index (χ0v) is 19.6. The summed E-state index contributed by atoms with van der Waals surface area (Å²) >= 11 is 5.68. The molecule has 0 amide bonds. The summed E-state index contributed by atoms with van der Waals surface area (Å²) in [7, 11) is 0. The monoisotopic (exact) mass is 416 g/mol. The molecule has 5 nitrogen and oxygen atoms in total. The topological polar surface area (TPSA) is 51.4 Å². The van der Waals surface area contributed by atoms with Crippen molar-refractivity contribution in [2.24, 2.45) is 5.92 Å². The zero-order chi connectivity index (χ0) is 21.6. The fraction of sp³-hybridized carbons (Fsp3) is 0.565. The number of pyridine rings is 1. The molecule has 160 valence electrons. The van der Waals surface area contributed by atoms with Gasteiger partial charge in [-0.3, -0.25) is 4.79 Å². The van der Waals surface area contributed by atoms with Crippen molar-refractivity contribution < 1.29 is 0 Å². The molecule has 0 saturated heterocycles. The Kier molecular flexibility index (Phi) is 8.65. The van der Waals surface area contributed by atoms with Crippen molar-refractivity contribution in [2.45, 2.75) is 48.1 Å². The smallest absolute Gasteiger partial charge is 0.253 e. The highest BCUT2D eigenvalue weighted by Gasteiger charge is 2.15. The van der Waals surface area contributed by atoms with E-state index in [0.29, 0.717) is 17.6 Å². The van der Waals surface area contributed by atoms with Gasteiger partial charge in [0, 0.05) is 36.1 Å². The van der Waals surface area contributed by atoms with Crippen LogP contribution in [0.5, 0.6) is 0 Å². The molecule has 2 aromatic rings. The van der Waals surface area contributed by atoms with Gasteiger partial charge in [-0.25, -0.2) is 0 Å². The van der Waals surface area contributed by atoms with Crippen LogP contribution in [-0.2, 0) is 6.54 Å². The van der Waals surface area contributed by atoms with E-state index in [9.17, 15) is 4.79 Å². The summed E-state index contributed by atoms with van der Waals surface area (Å²) in [6.07, 6.45) is 0. The first-order valence-corrected chi connectivity index (χ1v) is 11.0. The fourth-order valence-electron chi connectivity index (χ4n) is 3.50. The number of hydrogen-bond donors (Lipinski definition) is 2. The van der Waals surface area contributed by atoms with Crippen molar-refractivity contribution in [3.8, 4) is 0 Å². The van der Waals surface area contributed by atoms with Crippen LogP contribution in [0.2, 0.25) is 0 Å². The average molecular weight is 417 g/mol. The number of likely N-dealkylation sites (N-methyl/N-ethyl adjacent to an activating group) is 1. The summed E-state index contributed by atoms with van der Waals surface area (Å²) < 4.78 is 0. The molecule has 0 atom stereocenters. The first-order valence-electron chi connectivity index (χ1n) is 10.6. The lowest BCUT2D eigenvalue weighted by molar-refractivity contribution is 0.263. The molecule has 1 aromatic heterocycles. The number of aromatic nitrogens is 1. The highest BCUT2D eigenvalue weighted by atomic mass is 32.1. The van der Waals surface area contributed by atoms with Crippen molar-refractivity contribution in [3.05, 3.63) is 45.2 Å². The molecule has 0 bridgehead atoms. The third-order valence-electron chi connectivity index (χ3n) is 5.28. The number of rotatable bonds is 9. The molecule has 1 aromatic carbocycles. The lowest BCUT2D eigenvalue weighted by atomic mass is 10.0. The van der Waals surface area contributed by atoms with Gasteiger partial charge in [0.1, 0.15) is 0 Å². The summed E-state index contributed by atoms with van der Waals surface area (Å²) in [5, 5.41) is 5.17. The van der Waals surface area contributed by atoms with Gasteiger partial charge in [0.25, 0.3) is 5.56 Å². The molecule has 0 radical (unpaired) electrons. The Bertz CT molecular complexity index is 886. The van der Waals surface area contributed by atoms with E-state index in [-0.39, 0.29) is 5.56 Å². The van der Waals surface area contributed by atoms with Gasteiger partial charge in [-0.15, -0.1) is 0 Å². The number of fused-ring (bicyclic) bond motifs is 1. The number of aryl methyl sites for hydroxylation is 2. The molecule has 6 heteroatoms. The maximum atomic E-state index is 12.8. The summed E-state index contributed by atoms with van der Waals surface area (Å²) in [6.45, 7) is 17.8. The van der Waals surface area contributed by atoms with E-state index in [1.54, 1.807) is 0 Å². The van der Waals surface area contributed by atoms with Crippen molar-refractivity contribution >= 4 is 28.2 Å². The molecule has 0 aliphatic rings. The average Bonchev–Trinajstić information content (AvgIpc) is 2.66. The summed E-state index contributed by atoms with van der Waals surface area (Å²) in [5.74, 6) is 0.507. The van der Waals surface area contributed by atoms with Gasteiger partial charge in [-0.1, -0.05) is 33.8 Å². The summed E-state index contributed by atoms with van der Waals surface area (Å²) in [6, 6.07) is 6.20. The second kappa shape index (κ2) is 10.7. The van der Waals surface area contributed by atoms with Crippen LogP contribution in [0, 0.1) is 19.8 Å². The number of thiocarbonyl (C=S) groups is 1. The van der Waals surface area contributed by atoms with Crippen molar-refractivity contribution in [1.82, 2.24) is 20.1 Å². The van der Waals surface area contributed by atoms with E-state index in [1.807, 2.05) is 19.1 Å². The van der Waals surface area contributed by atoms with Crippen LogP contribution in [0.15, 0.2) is 23.0 Å². The maximum absolute atomic E-state index is 12.8. The van der Waals surface area contributed by atoms with Gasteiger partial charge in [-0.2, -0.15) is 0 Å². The third kappa shape index (κ3) is 6.54. The Morgan fingerprint density at radius 2 is 1.83 bits per heavy atom. The maximum Gasteiger partial charge on any atom is 0.253 e. The van der Waals surface area contributed by atoms with Gasteiger partial charge in [0.05, 0.1) is 6.54 Å². The van der Waals surface area contributed by atoms with Gasteiger partial charge in [0.15, 0.2) is 5.11 Å². The molecule has 0 saturated carbocycles. The van der Waals surface area contributed by atoms with E-state index >= 15 is 0 Å². The van der Waals surface area contributed by atoms with Crippen molar-refractivity contribution in [2.75, 3.05) is 32.7 Å². The number of nitrogens with zero attached hydrogens (tertiary/aromatic N) is 2. The van der Waals surface area contributed by atoms with Crippen LogP contribution in [-0.4, -0.2) is 52.6 Å². The largest absolute Gasteiger partial charge is 0.362 e. The van der Waals surface area contributed by atoms with E-state index in [2.05, 4.69) is 60.8 Å². The van der Waals surface area contributed by atoms with Gasteiger partial charge >= 0.3 is 0 Å². The van der Waals surface area contributed by atoms with E-state index in [4.69, 9.17) is 12.2 Å². The van der Waals surface area contributed by atoms with Crippen LogP contribution in [0.1, 0.15) is 44.4 Å². The van der Waals surface area contributed by atoms with Crippen LogP contribution in [0.3, 0.4) is 0 Å². The lowest BCUT2D eigenvalue weighted by Gasteiger charge is -2.29. The standard InChI is InChI=1S/C23H36N4OS/c1-7-26(8-2)9-10-27(23(29)24-14-16(3)4)15-19-13-20-18(6)11-17(5)12-21(20)25-22(19)28/h11-13,16H,7-10,14-15H2,1-6H3,(H,24,29)(H,25,28). The molecule has 0 spiro atoms.